The molecule has 0 spiro atoms. The molecule has 0 radical (unpaired) electrons. The maximum absolute atomic E-state index is 11.1. The minimum Gasteiger partial charge on any atom is -0.375 e. The summed E-state index contributed by atoms with van der Waals surface area (Å²) in [6.07, 6.45) is 0.781. The predicted octanol–water partition coefficient (Wildman–Crippen LogP) is -0.181. The average Bonchev–Trinajstić information content (AvgIpc) is 2.59. The molecule has 1 aliphatic heterocycles. The summed E-state index contributed by atoms with van der Waals surface area (Å²) in [4.78, 5) is 16.3. The van der Waals surface area contributed by atoms with Crippen molar-refractivity contribution >= 4 is 17.2 Å². The van der Waals surface area contributed by atoms with Crippen molar-refractivity contribution in [3.8, 4) is 0 Å². The van der Waals surface area contributed by atoms with Crippen LogP contribution in [0.5, 0.6) is 0 Å². The van der Waals surface area contributed by atoms with E-state index in [1.54, 1.807) is 0 Å². The van der Waals surface area contributed by atoms with E-state index in [1.807, 2.05) is 0 Å². The van der Waals surface area contributed by atoms with Crippen LogP contribution >= 0.6 is 11.3 Å². The Balaban J connectivity index is 2.30. The van der Waals surface area contributed by atoms with Gasteiger partial charge in [-0.15, -0.1) is 11.3 Å². The Morgan fingerprint density at radius 2 is 2.54 bits per heavy atom. The molecule has 1 aromatic heterocycles. The molecular weight excluding hydrogens is 190 g/mol. The smallest absolute Gasteiger partial charge is 0.294 e. The number of carbonyl (C=O) groups is 1. The molecule has 3 N–H and O–H groups in total. The monoisotopic (exact) mass is 199 g/mol. The zero-order valence-corrected chi connectivity index (χ0v) is 7.69. The fourth-order valence-corrected chi connectivity index (χ4v) is 2.13. The summed E-state index contributed by atoms with van der Waals surface area (Å²) in [5.41, 5.74) is 3.03. The molecule has 0 aromatic carbocycles. The molecule has 1 aromatic rings. The van der Waals surface area contributed by atoms with Crippen molar-refractivity contribution in [1.82, 2.24) is 10.4 Å². The highest BCUT2D eigenvalue weighted by molar-refractivity contribution is 7.13. The maximum Gasteiger partial charge on any atom is 0.294 e. The van der Waals surface area contributed by atoms with Gasteiger partial charge in [-0.2, -0.15) is 0 Å². The molecule has 0 saturated carbocycles. The second-order valence-electron chi connectivity index (χ2n) is 2.66. The van der Waals surface area contributed by atoms with Crippen molar-refractivity contribution in [2.24, 2.45) is 5.84 Å². The van der Waals surface area contributed by atoms with Crippen LogP contribution in [0.2, 0.25) is 0 Å². The maximum atomic E-state index is 11.1. The van der Waals surface area contributed by atoms with Crippen LogP contribution in [-0.4, -0.2) is 17.5 Å². The lowest BCUT2D eigenvalue weighted by Gasteiger charge is -2.08. The van der Waals surface area contributed by atoms with Crippen molar-refractivity contribution in [3.63, 3.8) is 0 Å². The number of aromatic nitrogens is 1. The van der Waals surface area contributed by atoms with Gasteiger partial charge in [-0.3, -0.25) is 10.2 Å². The molecule has 0 bridgehead atoms. The normalized spacial score (nSPS) is 15.2. The molecule has 1 aliphatic rings. The number of nitrogens with one attached hydrogen (secondary N) is 1. The lowest BCUT2D eigenvalue weighted by atomic mass is 10.2. The zero-order valence-electron chi connectivity index (χ0n) is 6.87. The van der Waals surface area contributed by atoms with Gasteiger partial charge in [0.25, 0.3) is 5.91 Å². The standard InChI is InChI=1S/C7H9N3O2S/c8-10-6(11)7-9-4-1-2-12-3-5(4)13-7/h1-3,8H2,(H,10,11). The van der Waals surface area contributed by atoms with Crippen molar-refractivity contribution in [3.05, 3.63) is 15.6 Å². The van der Waals surface area contributed by atoms with E-state index in [1.165, 1.54) is 11.3 Å². The molecule has 0 unspecified atom stereocenters. The van der Waals surface area contributed by atoms with Crippen LogP contribution in [0.4, 0.5) is 0 Å². The fraction of sp³-hybridized carbons (Fsp3) is 0.429. The van der Waals surface area contributed by atoms with Gasteiger partial charge in [0.1, 0.15) is 0 Å². The highest BCUT2D eigenvalue weighted by Crippen LogP contribution is 2.23. The lowest BCUT2D eigenvalue weighted by molar-refractivity contribution is 0.0952. The van der Waals surface area contributed by atoms with Crippen LogP contribution in [0.25, 0.3) is 0 Å². The average molecular weight is 199 g/mol. The highest BCUT2D eigenvalue weighted by atomic mass is 32.1. The summed E-state index contributed by atoms with van der Waals surface area (Å²) >= 11 is 1.34. The summed E-state index contributed by atoms with van der Waals surface area (Å²) in [6, 6.07) is 0. The Hall–Kier alpha value is -0.980. The van der Waals surface area contributed by atoms with Crippen molar-refractivity contribution in [1.29, 1.82) is 0 Å². The molecule has 13 heavy (non-hydrogen) atoms. The third-order valence-corrected chi connectivity index (χ3v) is 2.89. The molecule has 0 aliphatic carbocycles. The van der Waals surface area contributed by atoms with Crippen molar-refractivity contribution in [2.45, 2.75) is 13.0 Å². The largest absolute Gasteiger partial charge is 0.375 e. The van der Waals surface area contributed by atoms with Crippen LogP contribution < -0.4 is 11.3 Å². The summed E-state index contributed by atoms with van der Waals surface area (Å²) in [5.74, 6) is 4.66. The Morgan fingerprint density at radius 3 is 3.23 bits per heavy atom. The molecule has 0 fully saturated rings. The van der Waals surface area contributed by atoms with Gasteiger partial charge in [-0.05, 0) is 0 Å². The summed E-state index contributed by atoms with van der Waals surface area (Å²) in [5, 5.41) is 0.415. The zero-order chi connectivity index (χ0) is 9.26. The molecular formula is C7H9N3O2S. The second-order valence-corrected chi connectivity index (χ2v) is 3.75. The van der Waals surface area contributed by atoms with Crippen molar-refractivity contribution in [2.75, 3.05) is 6.61 Å². The SMILES string of the molecule is NNC(=O)c1nc2c(s1)COCC2. The third kappa shape index (κ3) is 1.55. The van der Waals surface area contributed by atoms with E-state index in [2.05, 4.69) is 10.4 Å². The predicted molar refractivity (Wildman–Crippen MR) is 47.1 cm³/mol. The number of hydrazine groups is 1. The molecule has 0 saturated heterocycles. The first kappa shape index (κ1) is 8.61. The summed E-state index contributed by atoms with van der Waals surface area (Å²) in [6.45, 7) is 1.24. The van der Waals surface area contributed by atoms with Gasteiger partial charge >= 0.3 is 0 Å². The molecule has 1 amide bonds. The minimum atomic E-state index is -0.334. The Kier molecular flexibility index (Phi) is 2.26. The van der Waals surface area contributed by atoms with E-state index in [0.29, 0.717) is 18.2 Å². The minimum absolute atomic E-state index is 0.334. The first-order valence-electron chi connectivity index (χ1n) is 3.88. The molecule has 2 heterocycles. The van der Waals surface area contributed by atoms with Gasteiger partial charge < -0.3 is 4.74 Å². The van der Waals surface area contributed by atoms with Crippen molar-refractivity contribution < 1.29 is 9.53 Å². The number of rotatable bonds is 1. The van der Waals surface area contributed by atoms with Gasteiger partial charge in [0, 0.05) is 6.42 Å². The topological polar surface area (TPSA) is 77.2 Å². The van der Waals surface area contributed by atoms with E-state index >= 15 is 0 Å². The third-order valence-electron chi connectivity index (χ3n) is 1.82. The molecule has 70 valence electrons. The number of nitrogen functional groups attached to an aromatic ring is 1. The number of fused-ring (bicyclic) bond motifs is 1. The first-order valence-corrected chi connectivity index (χ1v) is 4.70. The van der Waals surface area contributed by atoms with E-state index in [4.69, 9.17) is 10.6 Å². The van der Waals surface area contributed by atoms with E-state index < -0.39 is 0 Å². The van der Waals surface area contributed by atoms with Gasteiger partial charge in [-0.25, -0.2) is 10.8 Å². The van der Waals surface area contributed by atoms with Crippen LogP contribution in [0.3, 0.4) is 0 Å². The number of nitrogens with two attached hydrogens (primary N) is 1. The van der Waals surface area contributed by atoms with Crippen LogP contribution in [0.15, 0.2) is 0 Å². The van der Waals surface area contributed by atoms with E-state index in [9.17, 15) is 4.79 Å². The van der Waals surface area contributed by atoms with Gasteiger partial charge in [0.05, 0.1) is 23.8 Å². The number of thiazole rings is 1. The number of hydrogen-bond acceptors (Lipinski definition) is 5. The number of carbonyl (C=O) groups excluding carboxylic acids is 1. The first-order chi connectivity index (χ1) is 6.31. The van der Waals surface area contributed by atoms with Gasteiger partial charge in [0.2, 0.25) is 0 Å². The summed E-state index contributed by atoms with van der Waals surface area (Å²) < 4.78 is 5.23. The Morgan fingerprint density at radius 1 is 1.69 bits per heavy atom. The molecule has 0 atom stereocenters. The van der Waals surface area contributed by atoms with Gasteiger partial charge in [-0.1, -0.05) is 0 Å². The second kappa shape index (κ2) is 3.41. The lowest BCUT2D eigenvalue weighted by Crippen LogP contribution is -2.29. The Bertz CT molecular complexity index is 313. The number of nitrogens with zero attached hydrogens (tertiary/aromatic N) is 1. The highest BCUT2D eigenvalue weighted by Gasteiger charge is 2.18. The number of amides is 1. The molecule has 6 heteroatoms. The van der Waals surface area contributed by atoms with Crippen LogP contribution in [0.1, 0.15) is 20.4 Å². The quantitative estimate of drug-likeness (QED) is 0.373. The number of ether oxygens (including phenoxy) is 1. The van der Waals surface area contributed by atoms with Gasteiger partial charge in [0.15, 0.2) is 5.01 Å². The van der Waals surface area contributed by atoms with E-state index in [-0.39, 0.29) is 5.91 Å². The number of hydrogen-bond donors (Lipinski definition) is 2. The fourth-order valence-electron chi connectivity index (χ4n) is 1.18. The molecule has 5 nitrogen and oxygen atoms in total. The van der Waals surface area contributed by atoms with E-state index in [0.717, 1.165) is 17.0 Å². The summed E-state index contributed by atoms with van der Waals surface area (Å²) in [7, 11) is 0. The Labute approximate surface area is 78.9 Å². The van der Waals surface area contributed by atoms with Crippen LogP contribution in [-0.2, 0) is 17.8 Å². The molecule has 2 rings (SSSR count). The van der Waals surface area contributed by atoms with Crippen LogP contribution in [0, 0.1) is 0 Å².